The van der Waals surface area contributed by atoms with Crippen LogP contribution in [0, 0.1) is 13.8 Å². The second-order valence-electron chi connectivity index (χ2n) is 4.15. The van der Waals surface area contributed by atoms with E-state index in [0.717, 1.165) is 11.4 Å². The number of amides is 1. The highest BCUT2D eigenvalue weighted by Gasteiger charge is 2.10. The van der Waals surface area contributed by atoms with Gasteiger partial charge in [0.05, 0.1) is 19.3 Å². The fraction of sp³-hybridized carbons (Fsp3) is 0.286. The lowest BCUT2D eigenvalue weighted by Gasteiger charge is -2.05. The van der Waals surface area contributed by atoms with Gasteiger partial charge in [0.25, 0.3) is 5.91 Å². The average molecular weight is 260 g/mol. The Bertz CT molecular complexity index is 573. The molecular formula is C14H16N2O3. The summed E-state index contributed by atoms with van der Waals surface area (Å²) in [6.45, 7) is 3.96. The second kappa shape index (κ2) is 5.56. The Hall–Kier alpha value is -2.30. The summed E-state index contributed by atoms with van der Waals surface area (Å²) in [7, 11) is 1.59. The second-order valence-corrected chi connectivity index (χ2v) is 4.15. The molecule has 0 radical (unpaired) electrons. The molecular weight excluding hydrogens is 244 g/mol. The first kappa shape index (κ1) is 13.1. The minimum Gasteiger partial charge on any atom is -0.497 e. The number of aromatic nitrogens is 1. The maximum atomic E-state index is 11.9. The van der Waals surface area contributed by atoms with Gasteiger partial charge in [-0.15, -0.1) is 0 Å². The van der Waals surface area contributed by atoms with Crippen molar-refractivity contribution >= 4 is 5.91 Å². The number of ether oxygens (including phenoxy) is 1. The van der Waals surface area contributed by atoms with Crippen LogP contribution < -0.4 is 10.1 Å². The highest BCUT2D eigenvalue weighted by Crippen LogP contribution is 2.12. The van der Waals surface area contributed by atoms with E-state index >= 15 is 0 Å². The van der Waals surface area contributed by atoms with Crippen molar-refractivity contribution in [3.05, 3.63) is 47.2 Å². The van der Waals surface area contributed by atoms with Gasteiger partial charge >= 0.3 is 0 Å². The normalized spacial score (nSPS) is 10.3. The van der Waals surface area contributed by atoms with Crippen LogP contribution in [0.3, 0.4) is 0 Å². The molecule has 1 heterocycles. The zero-order valence-electron chi connectivity index (χ0n) is 11.2. The Morgan fingerprint density at radius 1 is 1.32 bits per heavy atom. The standard InChI is InChI=1S/C14H16N2O3/c1-9-13(19-10(2)16-9)8-15-14(17)11-4-6-12(18-3)7-5-11/h4-7H,8H2,1-3H3,(H,15,17). The number of nitrogens with zero attached hydrogens (tertiary/aromatic N) is 1. The number of oxazole rings is 1. The number of benzene rings is 1. The number of carbonyl (C=O) groups excluding carboxylic acids is 1. The summed E-state index contributed by atoms with van der Waals surface area (Å²) in [5.74, 6) is 1.85. The third-order valence-corrected chi connectivity index (χ3v) is 2.76. The summed E-state index contributed by atoms with van der Waals surface area (Å²) < 4.78 is 10.4. The van der Waals surface area contributed by atoms with Gasteiger partial charge in [-0.1, -0.05) is 0 Å². The van der Waals surface area contributed by atoms with Crippen molar-refractivity contribution in [2.75, 3.05) is 7.11 Å². The fourth-order valence-electron chi connectivity index (χ4n) is 1.74. The molecule has 0 spiro atoms. The van der Waals surface area contributed by atoms with E-state index in [1.54, 1.807) is 38.3 Å². The SMILES string of the molecule is COc1ccc(C(=O)NCc2oc(C)nc2C)cc1. The van der Waals surface area contributed by atoms with Crippen molar-refractivity contribution in [2.45, 2.75) is 20.4 Å². The van der Waals surface area contributed by atoms with Gasteiger partial charge in [0.15, 0.2) is 5.89 Å². The Balaban J connectivity index is 1.99. The molecule has 2 rings (SSSR count). The van der Waals surface area contributed by atoms with Gasteiger partial charge in [0.1, 0.15) is 11.5 Å². The molecule has 0 saturated carbocycles. The third kappa shape index (κ3) is 3.13. The number of rotatable bonds is 4. The molecule has 1 aromatic heterocycles. The fourth-order valence-corrected chi connectivity index (χ4v) is 1.74. The van der Waals surface area contributed by atoms with Gasteiger partial charge in [0, 0.05) is 12.5 Å². The molecule has 19 heavy (non-hydrogen) atoms. The zero-order chi connectivity index (χ0) is 13.8. The van der Waals surface area contributed by atoms with E-state index in [4.69, 9.17) is 9.15 Å². The van der Waals surface area contributed by atoms with Crippen LogP contribution >= 0.6 is 0 Å². The molecule has 0 aliphatic rings. The molecule has 5 heteroatoms. The molecule has 0 fully saturated rings. The van der Waals surface area contributed by atoms with Crippen molar-refractivity contribution in [2.24, 2.45) is 0 Å². The predicted octanol–water partition coefficient (Wildman–Crippen LogP) is 2.23. The third-order valence-electron chi connectivity index (χ3n) is 2.76. The number of nitrogens with one attached hydrogen (secondary N) is 1. The van der Waals surface area contributed by atoms with Crippen LogP contribution in [-0.2, 0) is 6.54 Å². The Kier molecular flexibility index (Phi) is 3.85. The van der Waals surface area contributed by atoms with Crippen molar-refractivity contribution in [1.82, 2.24) is 10.3 Å². The summed E-state index contributed by atoms with van der Waals surface area (Å²) in [6.07, 6.45) is 0. The van der Waals surface area contributed by atoms with Crippen molar-refractivity contribution in [3.8, 4) is 5.75 Å². The topological polar surface area (TPSA) is 64.4 Å². The van der Waals surface area contributed by atoms with E-state index in [2.05, 4.69) is 10.3 Å². The van der Waals surface area contributed by atoms with Gasteiger partial charge in [-0.2, -0.15) is 0 Å². The lowest BCUT2D eigenvalue weighted by Crippen LogP contribution is -2.22. The molecule has 0 aliphatic carbocycles. The molecule has 1 N–H and O–H groups in total. The number of carbonyl (C=O) groups is 1. The van der Waals surface area contributed by atoms with Crippen LogP contribution in [0.15, 0.2) is 28.7 Å². The zero-order valence-corrected chi connectivity index (χ0v) is 11.2. The first-order valence-corrected chi connectivity index (χ1v) is 5.95. The van der Waals surface area contributed by atoms with Gasteiger partial charge in [-0.25, -0.2) is 4.98 Å². The minimum atomic E-state index is -0.156. The van der Waals surface area contributed by atoms with Crippen molar-refractivity contribution in [3.63, 3.8) is 0 Å². The largest absolute Gasteiger partial charge is 0.497 e. The Morgan fingerprint density at radius 2 is 2.00 bits per heavy atom. The molecule has 0 unspecified atom stereocenters. The summed E-state index contributed by atoms with van der Waals surface area (Å²) in [4.78, 5) is 16.1. The first-order valence-electron chi connectivity index (χ1n) is 5.95. The summed E-state index contributed by atoms with van der Waals surface area (Å²) in [5.41, 5.74) is 1.38. The molecule has 5 nitrogen and oxygen atoms in total. The maximum absolute atomic E-state index is 11.9. The molecule has 0 bridgehead atoms. The van der Waals surface area contributed by atoms with E-state index < -0.39 is 0 Å². The molecule has 1 amide bonds. The van der Waals surface area contributed by atoms with Crippen LogP contribution in [0.5, 0.6) is 5.75 Å². The van der Waals surface area contributed by atoms with Crippen LogP contribution in [0.2, 0.25) is 0 Å². The van der Waals surface area contributed by atoms with Crippen LogP contribution in [0.4, 0.5) is 0 Å². The molecule has 0 aliphatic heterocycles. The smallest absolute Gasteiger partial charge is 0.251 e. The molecule has 1 aromatic carbocycles. The van der Waals surface area contributed by atoms with Crippen LogP contribution in [0.1, 0.15) is 27.7 Å². The monoisotopic (exact) mass is 260 g/mol. The van der Waals surface area contributed by atoms with E-state index in [0.29, 0.717) is 23.8 Å². The van der Waals surface area contributed by atoms with E-state index in [1.165, 1.54) is 0 Å². The van der Waals surface area contributed by atoms with Crippen LogP contribution in [-0.4, -0.2) is 18.0 Å². The summed E-state index contributed by atoms with van der Waals surface area (Å²) in [6, 6.07) is 6.93. The maximum Gasteiger partial charge on any atom is 0.251 e. The lowest BCUT2D eigenvalue weighted by atomic mass is 10.2. The van der Waals surface area contributed by atoms with E-state index in [-0.39, 0.29) is 5.91 Å². The Labute approximate surface area is 111 Å². The average Bonchev–Trinajstić information content (AvgIpc) is 2.74. The summed E-state index contributed by atoms with van der Waals surface area (Å²) in [5, 5.41) is 2.79. The summed E-state index contributed by atoms with van der Waals surface area (Å²) >= 11 is 0. The molecule has 100 valence electrons. The Morgan fingerprint density at radius 3 is 2.53 bits per heavy atom. The van der Waals surface area contributed by atoms with Crippen molar-refractivity contribution < 1.29 is 13.9 Å². The van der Waals surface area contributed by atoms with Crippen LogP contribution in [0.25, 0.3) is 0 Å². The van der Waals surface area contributed by atoms with Gasteiger partial charge in [0.2, 0.25) is 0 Å². The van der Waals surface area contributed by atoms with E-state index in [9.17, 15) is 4.79 Å². The van der Waals surface area contributed by atoms with Gasteiger partial charge in [-0.05, 0) is 31.2 Å². The predicted molar refractivity (Wildman–Crippen MR) is 70.1 cm³/mol. The highest BCUT2D eigenvalue weighted by atomic mass is 16.5. The number of hydrogen-bond acceptors (Lipinski definition) is 4. The quantitative estimate of drug-likeness (QED) is 0.915. The molecule has 0 atom stereocenters. The van der Waals surface area contributed by atoms with Crippen molar-refractivity contribution in [1.29, 1.82) is 0 Å². The molecule has 2 aromatic rings. The lowest BCUT2D eigenvalue weighted by molar-refractivity contribution is 0.0948. The highest BCUT2D eigenvalue weighted by molar-refractivity contribution is 5.94. The number of aryl methyl sites for hydroxylation is 2. The van der Waals surface area contributed by atoms with Gasteiger partial charge in [-0.3, -0.25) is 4.79 Å². The molecule has 0 saturated heterocycles. The minimum absolute atomic E-state index is 0.156. The number of hydrogen-bond donors (Lipinski definition) is 1. The number of methoxy groups -OCH3 is 1. The van der Waals surface area contributed by atoms with Gasteiger partial charge < -0.3 is 14.5 Å². The van der Waals surface area contributed by atoms with E-state index in [1.807, 2.05) is 6.92 Å². The first-order chi connectivity index (χ1) is 9.10.